The average molecular weight is 483 g/mol. The quantitative estimate of drug-likeness (QED) is 0.653. The van der Waals surface area contributed by atoms with Crippen LogP contribution in [0.25, 0.3) is 0 Å². The zero-order chi connectivity index (χ0) is 23.0. The number of sulfonamides is 1. The molecule has 0 amide bonds. The van der Waals surface area contributed by atoms with E-state index in [1.54, 1.807) is 0 Å². The maximum absolute atomic E-state index is 14.1. The highest BCUT2D eigenvalue weighted by Gasteiger charge is 2.58. The van der Waals surface area contributed by atoms with Crippen LogP contribution in [0.3, 0.4) is 0 Å². The number of halogens is 2. The number of ether oxygens (including phenoxy) is 1. The molecule has 3 aliphatic rings. The molecule has 1 saturated heterocycles. The Hall–Kier alpha value is -2.07. The fourth-order valence-corrected chi connectivity index (χ4v) is 8.55. The molecule has 1 aliphatic heterocycles. The molecule has 2 aliphatic carbocycles. The van der Waals surface area contributed by atoms with Gasteiger partial charge in [0.2, 0.25) is 0 Å². The van der Waals surface area contributed by atoms with Crippen molar-refractivity contribution in [3.05, 3.63) is 40.4 Å². The number of hydrogen-bond donors (Lipinski definition) is 1. The summed E-state index contributed by atoms with van der Waals surface area (Å²) < 4.78 is 60.8. The molecule has 10 heteroatoms. The minimum Gasteiger partial charge on any atom is -0.461 e. The third-order valence-corrected chi connectivity index (χ3v) is 10.1. The van der Waals surface area contributed by atoms with E-state index in [4.69, 9.17) is 4.74 Å². The SMILES string of the molecule is C[C@@H]1C(=O)O[C@H]2[C@H]1CC[C@@]1(C)Cc3sc(NS(=O)(=O)c4ccc(F)cc4F)nc3[C@@H](C)[C@H]21. The van der Waals surface area contributed by atoms with Gasteiger partial charge in [-0.05, 0) is 36.8 Å². The van der Waals surface area contributed by atoms with Crippen LogP contribution in [-0.2, 0) is 26.0 Å². The number of nitrogens with zero attached hydrogens (tertiary/aromatic N) is 1. The van der Waals surface area contributed by atoms with Gasteiger partial charge >= 0.3 is 5.97 Å². The zero-order valence-corrected chi connectivity index (χ0v) is 19.5. The van der Waals surface area contributed by atoms with Crippen LogP contribution in [0.5, 0.6) is 0 Å². The van der Waals surface area contributed by atoms with Crippen LogP contribution in [0.4, 0.5) is 13.9 Å². The molecular formula is C22H24F2N2O4S2. The number of aromatic nitrogens is 1. The summed E-state index contributed by atoms with van der Waals surface area (Å²) in [5, 5.41) is 0.154. The fraction of sp³-hybridized carbons (Fsp3) is 0.545. The summed E-state index contributed by atoms with van der Waals surface area (Å²) in [4.78, 5) is 17.2. The Balaban J connectivity index is 1.46. The second-order valence-corrected chi connectivity index (χ2v) is 12.3. The summed E-state index contributed by atoms with van der Waals surface area (Å²) in [6.45, 7) is 6.19. The number of hydrogen-bond acceptors (Lipinski definition) is 6. The van der Waals surface area contributed by atoms with Gasteiger partial charge in [-0.15, -0.1) is 11.3 Å². The van der Waals surface area contributed by atoms with E-state index in [1.807, 2.05) is 6.92 Å². The lowest BCUT2D eigenvalue weighted by atomic mass is 9.54. The number of esters is 1. The van der Waals surface area contributed by atoms with Crippen molar-refractivity contribution in [2.75, 3.05) is 4.72 Å². The van der Waals surface area contributed by atoms with Crippen LogP contribution in [-0.4, -0.2) is 25.5 Å². The third kappa shape index (κ3) is 3.25. The first-order chi connectivity index (χ1) is 15.0. The highest BCUT2D eigenvalue weighted by atomic mass is 32.2. The maximum Gasteiger partial charge on any atom is 0.309 e. The monoisotopic (exact) mass is 482 g/mol. The Kier molecular flexibility index (Phi) is 4.91. The van der Waals surface area contributed by atoms with Gasteiger partial charge in [0.05, 0.1) is 11.6 Å². The summed E-state index contributed by atoms with van der Waals surface area (Å²) in [6.07, 6.45) is 2.45. The molecule has 6 nitrogen and oxygen atoms in total. The molecule has 0 spiro atoms. The normalized spacial score (nSPS) is 33.8. The molecule has 1 N–H and O–H groups in total. The van der Waals surface area contributed by atoms with E-state index in [9.17, 15) is 22.0 Å². The van der Waals surface area contributed by atoms with E-state index in [0.717, 1.165) is 42.0 Å². The first-order valence-corrected chi connectivity index (χ1v) is 13.0. The molecule has 0 radical (unpaired) electrons. The number of carbonyl (C=O) groups excluding carboxylic acids is 1. The first-order valence-electron chi connectivity index (χ1n) is 10.7. The first kappa shape index (κ1) is 21.8. The van der Waals surface area contributed by atoms with Gasteiger partial charge in [0.25, 0.3) is 10.0 Å². The van der Waals surface area contributed by atoms with Gasteiger partial charge in [-0.3, -0.25) is 9.52 Å². The minimum atomic E-state index is -4.26. The van der Waals surface area contributed by atoms with E-state index in [2.05, 4.69) is 23.6 Å². The van der Waals surface area contributed by atoms with E-state index < -0.39 is 26.6 Å². The summed E-state index contributed by atoms with van der Waals surface area (Å²) in [6, 6.07) is 2.34. The number of rotatable bonds is 3. The van der Waals surface area contributed by atoms with Crippen LogP contribution in [0, 0.1) is 34.8 Å². The van der Waals surface area contributed by atoms with Gasteiger partial charge in [0, 0.05) is 28.7 Å². The smallest absolute Gasteiger partial charge is 0.309 e. The van der Waals surface area contributed by atoms with Gasteiger partial charge in [0.15, 0.2) is 5.13 Å². The predicted molar refractivity (Wildman–Crippen MR) is 115 cm³/mol. The molecule has 32 heavy (non-hydrogen) atoms. The highest BCUT2D eigenvalue weighted by molar-refractivity contribution is 7.93. The Bertz CT molecular complexity index is 1210. The zero-order valence-electron chi connectivity index (χ0n) is 17.9. The lowest BCUT2D eigenvalue weighted by Crippen LogP contribution is -2.50. The molecule has 1 saturated carbocycles. The Morgan fingerprint density at radius 1 is 1.25 bits per heavy atom. The van der Waals surface area contributed by atoms with E-state index in [0.29, 0.717) is 6.07 Å². The van der Waals surface area contributed by atoms with Crippen LogP contribution in [0.15, 0.2) is 23.1 Å². The molecule has 2 heterocycles. The molecular weight excluding hydrogens is 458 g/mol. The summed E-state index contributed by atoms with van der Waals surface area (Å²) >= 11 is 1.24. The van der Waals surface area contributed by atoms with Gasteiger partial charge < -0.3 is 4.74 Å². The lowest BCUT2D eigenvalue weighted by molar-refractivity contribution is -0.149. The molecule has 2 fully saturated rings. The van der Waals surface area contributed by atoms with Crippen molar-refractivity contribution in [2.45, 2.75) is 57.0 Å². The number of carbonyl (C=O) groups is 1. The fourth-order valence-electron chi connectivity index (χ4n) is 5.99. The van der Waals surface area contributed by atoms with Crippen molar-refractivity contribution in [3.63, 3.8) is 0 Å². The van der Waals surface area contributed by atoms with Crippen molar-refractivity contribution >= 4 is 32.5 Å². The van der Waals surface area contributed by atoms with Gasteiger partial charge in [-0.1, -0.05) is 20.8 Å². The van der Waals surface area contributed by atoms with Crippen LogP contribution < -0.4 is 4.72 Å². The summed E-state index contributed by atoms with van der Waals surface area (Å²) in [5.74, 6) is -1.99. The Labute approximate surface area is 189 Å². The van der Waals surface area contributed by atoms with Crippen molar-refractivity contribution < 1.29 is 26.7 Å². The van der Waals surface area contributed by atoms with Crippen LogP contribution in [0.2, 0.25) is 0 Å². The maximum atomic E-state index is 14.1. The molecule has 1 aromatic heterocycles. The van der Waals surface area contributed by atoms with Gasteiger partial charge in [-0.25, -0.2) is 22.2 Å². The third-order valence-electron chi connectivity index (χ3n) is 7.56. The van der Waals surface area contributed by atoms with E-state index in [1.165, 1.54) is 11.3 Å². The molecule has 0 unspecified atom stereocenters. The standard InChI is InChI=1S/C22H24F2N2O4S2/c1-10-13-6-7-22(3)9-15-18(11(2)17(22)19(13)30-20(10)27)25-21(31-15)26-32(28,29)16-5-4-12(23)8-14(16)24/h4-5,8,10-11,13,17,19H,6-7,9H2,1-3H3,(H,25,26)/t10-,11-,13-,17+,19-,22-/m0/s1. The second-order valence-electron chi connectivity index (χ2n) is 9.55. The minimum absolute atomic E-state index is 0.0216. The number of benzene rings is 1. The predicted octanol–water partition coefficient (Wildman–Crippen LogP) is 4.48. The number of fused-ring (bicyclic) bond motifs is 4. The molecule has 2 aromatic rings. The van der Waals surface area contributed by atoms with Crippen molar-refractivity contribution in [3.8, 4) is 0 Å². The molecule has 0 bridgehead atoms. The molecule has 172 valence electrons. The molecule has 1 aromatic carbocycles. The lowest BCUT2D eigenvalue weighted by Gasteiger charge is -2.51. The summed E-state index contributed by atoms with van der Waals surface area (Å²) in [7, 11) is -4.26. The topological polar surface area (TPSA) is 85.4 Å². The largest absolute Gasteiger partial charge is 0.461 e. The van der Waals surface area contributed by atoms with Crippen molar-refractivity contribution in [1.29, 1.82) is 0 Å². The second kappa shape index (κ2) is 7.21. The van der Waals surface area contributed by atoms with Crippen LogP contribution in [0.1, 0.15) is 50.1 Å². The number of nitrogens with one attached hydrogen (secondary N) is 1. The van der Waals surface area contributed by atoms with E-state index in [-0.39, 0.29) is 46.3 Å². The van der Waals surface area contributed by atoms with Crippen molar-refractivity contribution in [2.24, 2.45) is 23.2 Å². The Morgan fingerprint density at radius 3 is 2.72 bits per heavy atom. The molecule has 5 rings (SSSR count). The Morgan fingerprint density at radius 2 is 2.00 bits per heavy atom. The average Bonchev–Trinajstić information content (AvgIpc) is 3.20. The highest BCUT2D eigenvalue weighted by Crippen LogP contribution is 2.59. The van der Waals surface area contributed by atoms with Gasteiger partial charge in [0.1, 0.15) is 22.6 Å². The van der Waals surface area contributed by atoms with Gasteiger partial charge in [-0.2, -0.15) is 0 Å². The molecule has 6 atom stereocenters. The van der Waals surface area contributed by atoms with E-state index >= 15 is 0 Å². The summed E-state index contributed by atoms with van der Waals surface area (Å²) in [5.41, 5.74) is 0.718. The number of anilines is 1. The number of thiazole rings is 1. The van der Waals surface area contributed by atoms with Crippen molar-refractivity contribution in [1.82, 2.24) is 4.98 Å². The van der Waals surface area contributed by atoms with Crippen LogP contribution >= 0.6 is 11.3 Å².